The van der Waals surface area contributed by atoms with Crippen molar-refractivity contribution in [2.45, 2.75) is 25.9 Å². The normalized spacial score (nSPS) is 34.2. The molecule has 1 aliphatic heterocycles. The number of esters is 1. The van der Waals surface area contributed by atoms with E-state index in [2.05, 4.69) is 0 Å². The average molecular weight is 204 g/mol. The van der Waals surface area contributed by atoms with Gasteiger partial charge in [0.15, 0.2) is 0 Å². The highest BCUT2D eigenvalue weighted by Gasteiger charge is 2.46. The minimum atomic E-state index is -0.655. The molecule has 13 heavy (non-hydrogen) atoms. The summed E-state index contributed by atoms with van der Waals surface area (Å²) in [5.74, 6) is 1.34. The Balaban J connectivity index is 2.82. The first-order chi connectivity index (χ1) is 6.17. The van der Waals surface area contributed by atoms with Gasteiger partial charge in [0.2, 0.25) is 0 Å². The zero-order chi connectivity index (χ0) is 9.90. The summed E-state index contributed by atoms with van der Waals surface area (Å²) in [6.45, 7) is 1.92. The number of carbonyl (C=O) groups is 1. The minimum absolute atomic E-state index is 0.269. The van der Waals surface area contributed by atoms with Crippen LogP contribution in [0.25, 0.3) is 0 Å². The number of aliphatic hydroxyl groups is 1. The first kappa shape index (κ1) is 10.9. The van der Waals surface area contributed by atoms with Crippen molar-refractivity contribution in [1.29, 1.82) is 0 Å². The van der Waals surface area contributed by atoms with E-state index >= 15 is 0 Å². The van der Waals surface area contributed by atoms with Gasteiger partial charge in [0.1, 0.15) is 5.41 Å². The molecular formula is C9H16O3S. The number of hydrogen-bond acceptors (Lipinski definition) is 4. The summed E-state index contributed by atoms with van der Waals surface area (Å²) in [5, 5.41) is 9.81. The zero-order valence-electron chi connectivity index (χ0n) is 8.08. The van der Waals surface area contributed by atoms with Crippen LogP contribution in [0.3, 0.4) is 0 Å². The quantitative estimate of drug-likeness (QED) is 0.683. The molecule has 0 spiro atoms. The third kappa shape index (κ3) is 1.83. The Bertz CT molecular complexity index is 195. The van der Waals surface area contributed by atoms with Crippen LogP contribution in [0.5, 0.6) is 0 Å². The van der Waals surface area contributed by atoms with E-state index in [0.29, 0.717) is 18.6 Å². The van der Waals surface area contributed by atoms with Gasteiger partial charge in [-0.1, -0.05) is 6.92 Å². The Kier molecular flexibility index (Phi) is 3.62. The van der Waals surface area contributed by atoms with Gasteiger partial charge in [-0.05, 0) is 18.6 Å². The predicted octanol–water partition coefficient (Wildman–Crippen LogP) is 1.05. The standard InChI is InChI=1S/C9H16O3S/c1-3-9(8(11)12-2)6-13-5-4-7(9)10/h7,10H,3-6H2,1-2H3. The van der Waals surface area contributed by atoms with Crippen molar-refractivity contribution in [3.63, 3.8) is 0 Å². The van der Waals surface area contributed by atoms with Gasteiger partial charge in [-0.15, -0.1) is 0 Å². The van der Waals surface area contributed by atoms with Gasteiger partial charge in [0.05, 0.1) is 13.2 Å². The Morgan fingerprint density at radius 2 is 2.46 bits per heavy atom. The molecule has 2 unspecified atom stereocenters. The summed E-state index contributed by atoms with van der Waals surface area (Å²) in [7, 11) is 1.38. The van der Waals surface area contributed by atoms with Crippen LogP contribution in [0.1, 0.15) is 19.8 Å². The summed E-state index contributed by atoms with van der Waals surface area (Å²) in [6, 6.07) is 0. The Morgan fingerprint density at radius 1 is 1.77 bits per heavy atom. The Hall–Kier alpha value is -0.220. The van der Waals surface area contributed by atoms with Crippen molar-refractivity contribution >= 4 is 17.7 Å². The number of carbonyl (C=O) groups excluding carboxylic acids is 1. The molecule has 1 fully saturated rings. The molecule has 0 aromatic rings. The predicted molar refractivity (Wildman–Crippen MR) is 52.7 cm³/mol. The van der Waals surface area contributed by atoms with E-state index in [1.807, 2.05) is 6.92 Å². The van der Waals surface area contributed by atoms with Crippen LogP contribution in [-0.2, 0) is 9.53 Å². The molecule has 0 aliphatic carbocycles. The molecule has 0 amide bonds. The summed E-state index contributed by atoms with van der Waals surface area (Å²) in [4.78, 5) is 11.5. The lowest BCUT2D eigenvalue weighted by atomic mass is 9.80. The minimum Gasteiger partial charge on any atom is -0.468 e. The third-order valence-electron chi connectivity index (χ3n) is 2.76. The van der Waals surface area contributed by atoms with Gasteiger partial charge in [0.25, 0.3) is 0 Å². The van der Waals surface area contributed by atoms with E-state index in [9.17, 15) is 9.90 Å². The van der Waals surface area contributed by atoms with Gasteiger partial charge in [-0.25, -0.2) is 0 Å². The fraction of sp³-hybridized carbons (Fsp3) is 0.889. The highest BCUT2D eigenvalue weighted by Crippen LogP contribution is 2.38. The van der Waals surface area contributed by atoms with Gasteiger partial charge in [0, 0.05) is 5.75 Å². The van der Waals surface area contributed by atoms with Gasteiger partial charge >= 0.3 is 5.97 Å². The molecule has 0 bridgehead atoms. The maximum atomic E-state index is 11.5. The molecule has 1 rings (SSSR count). The molecule has 0 radical (unpaired) electrons. The molecule has 1 saturated heterocycles. The topological polar surface area (TPSA) is 46.5 Å². The van der Waals surface area contributed by atoms with Crippen molar-refractivity contribution in [2.75, 3.05) is 18.6 Å². The van der Waals surface area contributed by atoms with Gasteiger partial charge < -0.3 is 9.84 Å². The molecule has 1 N–H and O–H groups in total. The van der Waals surface area contributed by atoms with Crippen molar-refractivity contribution in [3.05, 3.63) is 0 Å². The molecule has 2 atom stereocenters. The van der Waals surface area contributed by atoms with E-state index in [-0.39, 0.29) is 5.97 Å². The zero-order valence-corrected chi connectivity index (χ0v) is 8.89. The highest BCUT2D eigenvalue weighted by molar-refractivity contribution is 7.99. The van der Waals surface area contributed by atoms with Crippen LogP contribution < -0.4 is 0 Å². The van der Waals surface area contributed by atoms with Crippen LogP contribution in [0, 0.1) is 5.41 Å². The second kappa shape index (κ2) is 4.33. The summed E-state index contributed by atoms with van der Waals surface area (Å²) in [5.41, 5.74) is -0.655. The molecular weight excluding hydrogens is 188 g/mol. The molecule has 0 saturated carbocycles. The third-order valence-corrected chi connectivity index (χ3v) is 4.00. The number of hydrogen-bond donors (Lipinski definition) is 1. The molecule has 1 aliphatic rings. The van der Waals surface area contributed by atoms with Crippen LogP contribution >= 0.6 is 11.8 Å². The molecule has 0 aromatic carbocycles. The maximum Gasteiger partial charge on any atom is 0.315 e. The molecule has 76 valence electrons. The van der Waals surface area contributed by atoms with E-state index in [1.165, 1.54) is 7.11 Å². The highest BCUT2D eigenvalue weighted by atomic mass is 32.2. The first-order valence-electron chi connectivity index (χ1n) is 4.51. The first-order valence-corrected chi connectivity index (χ1v) is 5.67. The van der Waals surface area contributed by atoms with Crippen molar-refractivity contribution in [3.8, 4) is 0 Å². The number of ether oxygens (including phenoxy) is 1. The van der Waals surface area contributed by atoms with Crippen molar-refractivity contribution in [1.82, 2.24) is 0 Å². The summed E-state index contributed by atoms with van der Waals surface area (Å²) < 4.78 is 4.74. The van der Waals surface area contributed by atoms with Gasteiger partial charge in [-0.2, -0.15) is 11.8 Å². The lowest BCUT2D eigenvalue weighted by Crippen LogP contribution is -2.47. The molecule has 4 heteroatoms. The van der Waals surface area contributed by atoms with Crippen molar-refractivity contribution < 1.29 is 14.6 Å². The lowest BCUT2D eigenvalue weighted by Gasteiger charge is -2.37. The van der Waals surface area contributed by atoms with Crippen LogP contribution in [0.2, 0.25) is 0 Å². The fourth-order valence-electron chi connectivity index (χ4n) is 1.70. The molecule has 3 nitrogen and oxygen atoms in total. The fourth-order valence-corrected chi connectivity index (χ4v) is 3.11. The largest absolute Gasteiger partial charge is 0.468 e. The second-order valence-electron chi connectivity index (χ2n) is 3.36. The van der Waals surface area contributed by atoms with Crippen LogP contribution in [0.15, 0.2) is 0 Å². The summed E-state index contributed by atoms with van der Waals surface area (Å²) >= 11 is 1.71. The molecule has 1 heterocycles. The monoisotopic (exact) mass is 204 g/mol. The van der Waals surface area contributed by atoms with E-state index < -0.39 is 11.5 Å². The molecule has 0 aromatic heterocycles. The summed E-state index contributed by atoms with van der Waals surface area (Å²) in [6.07, 6.45) is 0.799. The van der Waals surface area contributed by atoms with E-state index in [1.54, 1.807) is 11.8 Å². The Morgan fingerprint density at radius 3 is 2.92 bits per heavy atom. The van der Waals surface area contributed by atoms with E-state index in [0.717, 1.165) is 5.75 Å². The number of methoxy groups -OCH3 is 1. The Labute approximate surface area is 82.8 Å². The lowest BCUT2D eigenvalue weighted by molar-refractivity contribution is -0.159. The SMILES string of the molecule is CCC1(C(=O)OC)CSCCC1O. The average Bonchev–Trinajstić information content (AvgIpc) is 2.18. The van der Waals surface area contributed by atoms with E-state index in [4.69, 9.17) is 4.74 Å². The van der Waals surface area contributed by atoms with Crippen LogP contribution in [0.4, 0.5) is 0 Å². The van der Waals surface area contributed by atoms with Gasteiger partial charge in [-0.3, -0.25) is 4.79 Å². The number of aliphatic hydroxyl groups excluding tert-OH is 1. The smallest absolute Gasteiger partial charge is 0.315 e. The van der Waals surface area contributed by atoms with Crippen LogP contribution in [-0.4, -0.2) is 35.8 Å². The van der Waals surface area contributed by atoms with Crippen molar-refractivity contribution in [2.24, 2.45) is 5.41 Å². The second-order valence-corrected chi connectivity index (χ2v) is 4.46. The number of rotatable bonds is 2. The maximum absolute atomic E-state index is 11.5. The number of thioether (sulfide) groups is 1.